The Morgan fingerprint density at radius 2 is 1.96 bits per heavy atom. The van der Waals surface area contributed by atoms with Gasteiger partial charge in [0.25, 0.3) is 0 Å². The van der Waals surface area contributed by atoms with Crippen LogP contribution < -0.4 is 0 Å². The SMILES string of the molecule is CC1CC23CC4(CCC2(O3)C2=CC[C@]3(C)C(O)CC[C@H]3[C@@H]21)OCCO4. The molecular formula is C21H30O4. The van der Waals surface area contributed by atoms with E-state index in [-0.39, 0.29) is 28.5 Å². The number of fused-ring (bicyclic) bond motifs is 3. The highest BCUT2D eigenvalue weighted by molar-refractivity contribution is 5.43. The molecule has 6 aliphatic rings. The molecule has 4 aliphatic carbocycles. The van der Waals surface area contributed by atoms with Gasteiger partial charge in [0.15, 0.2) is 5.79 Å². The molecule has 0 aromatic rings. The quantitative estimate of drug-likeness (QED) is 0.541. The zero-order chi connectivity index (χ0) is 17.1. The Morgan fingerprint density at radius 1 is 1.16 bits per heavy atom. The first-order valence-electron chi connectivity index (χ1n) is 10.3. The molecule has 7 atom stereocenters. The van der Waals surface area contributed by atoms with Gasteiger partial charge in [-0.1, -0.05) is 19.9 Å². The number of epoxide rings is 1. The summed E-state index contributed by atoms with van der Waals surface area (Å²) in [6.45, 7) is 6.18. The standard InChI is InChI=1S/C21H30O4/c1-13-11-19-12-20(23-9-10-24-20)7-8-21(19,25-19)15-5-6-18(2)14(17(13)15)3-4-16(18)22/h5,13-14,16-17,22H,3-4,6-12H2,1-2H3/t13?,14-,16?,17-,18-,19?,21?/m0/s1. The minimum atomic E-state index is -0.375. The van der Waals surface area contributed by atoms with Crippen LogP contribution in [0.15, 0.2) is 11.6 Å². The number of hydrogen-bond acceptors (Lipinski definition) is 4. The second-order valence-corrected chi connectivity index (χ2v) is 9.98. The van der Waals surface area contributed by atoms with Gasteiger partial charge in [-0.25, -0.2) is 0 Å². The summed E-state index contributed by atoms with van der Waals surface area (Å²) in [7, 11) is 0. The van der Waals surface area contributed by atoms with Gasteiger partial charge in [0.05, 0.1) is 19.3 Å². The molecule has 2 aliphatic heterocycles. The van der Waals surface area contributed by atoms with Gasteiger partial charge in [-0.3, -0.25) is 0 Å². The van der Waals surface area contributed by atoms with E-state index < -0.39 is 0 Å². The van der Waals surface area contributed by atoms with Crippen LogP contribution in [0.1, 0.15) is 58.8 Å². The second kappa shape index (κ2) is 4.52. The van der Waals surface area contributed by atoms with E-state index in [1.54, 1.807) is 5.57 Å². The lowest BCUT2D eigenvalue weighted by Crippen LogP contribution is -2.54. The number of hydrogen-bond donors (Lipinski definition) is 1. The highest BCUT2D eigenvalue weighted by Crippen LogP contribution is 2.74. The Kier molecular flexibility index (Phi) is 2.82. The summed E-state index contributed by atoms with van der Waals surface area (Å²) in [4.78, 5) is 0. The molecule has 2 heterocycles. The number of allylic oxidation sites excluding steroid dienone is 1. The largest absolute Gasteiger partial charge is 0.393 e. The molecule has 5 fully saturated rings. The fraction of sp³-hybridized carbons (Fsp3) is 0.905. The van der Waals surface area contributed by atoms with Gasteiger partial charge < -0.3 is 19.3 Å². The van der Waals surface area contributed by atoms with Crippen LogP contribution in [0, 0.1) is 23.2 Å². The molecule has 4 heteroatoms. The first kappa shape index (κ1) is 15.6. The van der Waals surface area contributed by atoms with Crippen LogP contribution in [0.4, 0.5) is 0 Å². The summed E-state index contributed by atoms with van der Waals surface area (Å²) in [5, 5.41) is 10.6. The maximum Gasteiger partial charge on any atom is 0.171 e. The second-order valence-electron chi connectivity index (χ2n) is 9.98. The third kappa shape index (κ3) is 1.69. The van der Waals surface area contributed by atoms with Gasteiger partial charge in [0.2, 0.25) is 0 Å². The van der Waals surface area contributed by atoms with Gasteiger partial charge in [-0.15, -0.1) is 0 Å². The first-order chi connectivity index (χ1) is 11.9. The molecule has 4 unspecified atom stereocenters. The molecule has 0 aromatic carbocycles. The predicted octanol–water partition coefficient (Wildman–Crippen LogP) is 3.18. The van der Waals surface area contributed by atoms with Crippen molar-refractivity contribution in [2.45, 2.75) is 81.9 Å². The van der Waals surface area contributed by atoms with Gasteiger partial charge in [0.1, 0.15) is 11.2 Å². The van der Waals surface area contributed by atoms with Crippen molar-refractivity contribution in [2.24, 2.45) is 23.2 Å². The van der Waals surface area contributed by atoms with Crippen LogP contribution in [0.25, 0.3) is 0 Å². The van der Waals surface area contributed by atoms with Crippen LogP contribution in [-0.2, 0) is 14.2 Å². The van der Waals surface area contributed by atoms with E-state index in [1.165, 1.54) is 6.42 Å². The molecule has 2 saturated heterocycles. The number of ether oxygens (including phenoxy) is 3. The average Bonchev–Trinajstić information content (AvgIpc) is 2.84. The van der Waals surface area contributed by atoms with Crippen molar-refractivity contribution in [2.75, 3.05) is 13.2 Å². The van der Waals surface area contributed by atoms with Crippen LogP contribution in [0.5, 0.6) is 0 Å². The van der Waals surface area contributed by atoms with E-state index in [0.717, 1.165) is 51.7 Å². The maximum atomic E-state index is 10.6. The Bertz CT molecular complexity index is 652. The van der Waals surface area contributed by atoms with Crippen molar-refractivity contribution >= 4 is 0 Å². The Balaban J connectivity index is 1.39. The Morgan fingerprint density at radius 3 is 2.76 bits per heavy atom. The number of rotatable bonds is 0. The van der Waals surface area contributed by atoms with E-state index in [1.807, 2.05) is 0 Å². The molecular weight excluding hydrogens is 316 g/mol. The lowest BCUT2D eigenvalue weighted by Gasteiger charge is -2.52. The van der Waals surface area contributed by atoms with Crippen molar-refractivity contribution in [3.8, 4) is 0 Å². The van der Waals surface area contributed by atoms with E-state index in [9.17, 15) is 5.11 Å². The molecule has 1 N–H and O–H groups in total. The van der Waals surface area contributed by atoms with Crippen LogP contribution >= 0.6 is 0 Å². The Hall–Kier alpha value is -0.420. The van der Waals surface area contributed by atoms with E-state index in [2.05, 4.69) is 19.9 Å². The molecule has 3 saturated carbocycles. The summed E-state index contributed by atoms with van der Waals surface area (Å²) in [5.41, 5.74) is 1.55. The molecule has 0 bridgehead atoms. The molecule has 25 heavy (non-hydrogen) atoms. The normalized spacial score (nSPS) is 58.1. The monoisotopic (exact) mass is 346 g/mol. The molecule has 4 nitrogen and oxygen atoms in total. The summed E-state index contributed by atoms with van der Waals surface area (Å²) < 4.78 is 18.7. The highest BCUT2D eigenvalue weighted by atomic mass is 16.7. The Labute approximate surface area is 149 Å². The summed E-state index contributed by atoms with van der Waals surface area (Å²) in [5.74, 6) is 1.43. The molecule has 138 valence electrons. The molecule has 0 aromatic heterocycles. The zero-order valence-electron chi connectivity index (χ0n) is 15.4. The third-order valence-corrected chi connectivity index (χ3v) is 8.94. The first-order valence-corrected chi connectivity index (χ1v) is 10.3. The van der Waals surface area contributed by atoms with E-state index in [4.69, 9.17) is 14.2 Å². The van der Waals surface area contributed by atoms with Crippen molar-refractivity contribution in [1.82, 2.24) is 0 Å². The fourth-order valence-corrected chi connectivity index (χ4v) is 7.73. The smallest absolute Gasteiger partial charge is 0.171 e. The van der Waals surface area contributed by atoms with Gasteiger partial charge >= 0.3 is 0 Å². The van der Waals surface area contributed by atoms with Crippen molar-refractivity contribution in [1.29, 1.82) is 0 Å². The summed E-state index contributed by atoms with van der Waals surface area (Å²) >= 11 is 0. The minimum absolute atomic E-state index is 0.0421. The lowest BCUT2D eigenvalue weighted by atomic mass is 9.51. The minimum Gasteiger partial charge on any atom is -0.393 e. The van der Waals surface area contributed by atoms with Crippen molar-refractivity contribution in [3.05, 3.63) is 11.6 Å². The lowest BCUT2D eigenvalue weighted by molar-refractivity contribution is -0.186. The topological polar surface area (TPSA) is 51.2 Å². The van der Waals surface area contributed by atoms with Gasteiger partial charge in [-0.2, -0.15) is 0 Å². The third-order valence-electron chi connectivity index (χ3n) is 8.94. The predicted molar refractivity (Wildman–Crippen MR) is 91.8 cm³/mol. The number of aliphatic hydroxyl groups is 1. The summed E-state index contributed by atoms with van der Waals surface area (Å²) in [6, 6.07) is 0. The summed E-state index contributed by atoms with van der Waals surface area (Å²) in [6.07, 6.45) is 9.50. The van der Waals surface area contributed by atoms with Crippen molar-refractivity contribution in [3.63, 3.8) is 0 Å². The number of aliphatic hydroxyl groups excluding tert-OH is 1. The molecule has 1 spiro atoms. The van der Waals surface area contributed by atoms with Crippen molar-refractivity contribution < 1.29 is 19.3 Å². The van der Waals surface area contributed by atoms with Crippen LogP contribution in [0.3, 0.4) is 0 Å². The maximum absolute atomic E-state index is 10.6. The fourth-order valence-electron chi connectivity index (χ4n) is 7.73. The van der Waals surface area contributed by atoms with E-state index >= 15 is 0 Å². The van der Waals surface area contributed by atoms with E-state index in [0.29, 0.717) is 17.8 Å². The average molecular weight is 346 g/mol. The zero-order valence-corrected chi connectivity index (χ0v) is 15.4. The molecule has 0 amide bonds. The van der Waals surface area contributed by atoms with Crippen LogP contribution in [-0.4, -0.2) is 41.4 Å². The van der Waals surface area contributed by atoms with Gasteiger partial charge in [0, 0.05) is 18.3 Å². The highest BCUT2D eigenvalue weighted by Gasteiger charge is 2.80. The van der Waals surface area contributed by atoms with Gasteiger partial charge in [-0.05, 0) is 55.4 Å². The molecule has 0 radical (unpaired) electrons. The molecule has 6 rings (SSSR count). The van der Waals surface area contributed by atoms with Crippen LogP contribution in [0.2, 0.25) is 0 Å².